The van der Waals surface area contributed by atoms with Crippen LogP contribution in [0.2, 0.25) is 0 Å². The van der Waals surface area contributed by atoms with Gasteiger partial charge in [-0.25, -0.2) is 0 Å². The highest BCUT2D eigenvalue weighted by Gasteiger charge is 2.16. The van der Waals surface area contributed by atoms with Gasteiger partial charge in [0, 0.05) is 23.6 Å². The lowest BCUT2D eigenvalue weighted by Gasteiger charge is -2.13. The van der Waals surface area contributed by atoms with E-state index in [-0.39, 0.29) is 11.6 Å². The average Bonchev–Trinajstić information content (AvgIpc) is 2.47. The second-order valence-electron chi connectivity index (χ2n) is 4.29. The molecule has 2 rings (SSSR count). The fourth-order valence-electron chi connectivity index (χ4n) is 2.04. The number of hydrogen-bond donors (Lipinski definition) is 0. The first kappa shape index (κ1) is 14.2. The van der Waals surface area contributed by atoms with Crippen LogP contribution in [0.4, 0.5) is 5.69 Å². The van der Waals surface area contributed by atoms with Gasteiger partial charge in [-0.05, 0) is 16.2 Å². The molecule has 0 spiro atoms. The summed E-state index contributed by atoms with van der Waals surface area (Å²) in [5, 5.41) is 10.6. The fraction of sp³-hybridized carbons (Fsp3) is 0.143. The van der Waals surface area contributed by atoms with Crippen LogP contribution < -0.4 is 4.52 Å². The molecule has 102 valence electrons. The molecule has 20 heavy (non-hydrogen) atoms. The maximum atomic E-state index is 10.7. The Morgan fingerprint density at radius 1 is 1.15 bits per heavy atom. The predicted molar refractivity (Wildman–Crippen MR) is 76.7 cm³/mol. The Labute approximate surface area is 117 Å². The first-order valence-electron chi connectivity index (χ1n) is 6.00. The SMILES string of the molecule is CC(c1ccc([N+](=O)[O-])cc1)c1ccccc1O[PH+]=O. The molecule has 0 saturated heterocycles. The molecule has 0 aromatic heterocycles. The van der Waals surface area contributed by atoms with Gasteiger partial charge in [0.15, 0.2) is 5.75 Å². The van der Waals surface area contributed by atoms with E-state index in [1.165, 1.54) is 12.1 Å². The number of hydrogen-bond acceptors (Lipinski definition) is 4. The zero-order valence-corrected chi connectivity index (χ0v) is 11.8. The predicted octanol–water partition coefficient (Wildman–Crippen LogP) is 4.06. The third-order valence-corrected chi connectivity index (χ3v) is 3.44. The summed E-state index contributed by atoms with van der Waals surface area (Å²) in [6.07, 6.45) is 0. The molecule has 2 aromatic carbocycles. The van der Waals surface area contributed by atoms with Crippen LogP contribution in [0.25, 0.3) is 0 Å². The molecule has 0 heterocycles. The highest BCUT2D eigenvalue weighted by Crippen LogP contribution is 2.33. The van der Waals surface area contributed by atoms with Crippen molar-refractivity contribution in [1.29, 1.82) is 0 Å². The van der Waals surface area contributed by atoms with Gasteiger partial charge in [-0.3, -0.25) is 14.6 Å². The summed E-state index contributed by atoms with van der Waals surface area (Å²) in [6.45, 7) is 1.97. The molecule has 0 bridgehead atoms. The maximum Gasteiger partial charge on any atom is 0.542 e. The number of benzene rings is 2. The van der Waals surface area contributed by atoms with Crippen LogP contribution in [0.5, 0.6) is 5.75 Å². The minimum absolute atomic E-state index is 0.0108. The highest BCUT2D eigenvalue weighted by molar-refractivity contribution is 7.17. The molecular formula is C14H13NO4P+. The third kappa shape index (κ3) is 3.00. The molecule has 5 nitrogen and oxygen atoms in total. The number of nitrogens with zero attached hydrogens (tertiary/aromatic N) is 1. The van der Waals surface area contributed by atoms with E-state index in [0.29, 0.717) is 5.75 Å². The molecule has 0 fully saturated rings. The van der Waals surface area contributed by atoms with Gasteiger partial charge < -0.3 is 0 Å². The van der Waals surface area contributed by atoms with Gasteiger partial charge in [-0.15, -0.1) is 0 Å². The molecule has 2 atom stereocenters. The van der Waals surface area contributed by atoms with E-state index < -0.39 is 13.6 Å². The van der Waals surface area contributed by atoms with Crippen molar-refractivity contribution in [3.8, 4) is 5.75 Å². The van der Waals surface area contributed by atoms with Crippen LogP contribution in [0.15, 0.2) is 48.5 Å². The van der Waals surface area contributed by atoms with Gasteiger partial charge in [0.25, 0.3) is 5.69 Å². The molecule has 2 unspecified atom stereocenters. The van der Waals surface area contributed by atoms with Crippen LogP contribution in [-0.2, 0) is 4.57 Å². The molecule has 0 saturated carbocycles. The van der Waals surface area contributed by atoms with E-state index in [0.717, 1.165) is 11.1 Å². The van der Waals surface area contributed by atoms with Crippen molar-refractivity contribution >= 4 is 14.4 Å². The molecular weight excluding hydrogens is 277 g/mol. The van der Waals surface area contributed by atoms with Crippen LogP contribution in [0, 0.1) is 10.1 Å². The van der Waals surface area contributed by atoms with Crippen LogP contribution in [0.3, 0.4) is 0 Å². The van der Waals surface area contributed by atoms with Crippen molar-refractivity contribution in [3.63, 3.8) is 0 Å². The van der Waals surface area contributed by atoms with E-state index in [2.05, 4.69) is 0 Å². The maximum absolute atomic E-state index is 10.7. The minimum Gasteiger partial charge on any atom is -0.258 e. The fourth-order valence-corrected chi connectivity index (χ4v) is 2.32. The smallest absolute Gasteiger partial charge is 0.258 e. The standard InChI is InChI=1S/C14H13NO4P/c1-10(11-6-8-12(9-7-11)15(16)17)13-4-2-3-5-14(13)19-20-18/h2-10,20H,1H3/q+1. The molecule has 0 amide bonds. The Bertz CT molecular complexity index is 627. The van der Waals surface area contributed by atoms with Crippen molar-refractivity contribution in [2.75, 3.05) is 0 Å². The number of non-ortho nitro benzene ring substituents is 1. The van der Waals surface area contributed by atoms with E-state index in [1.54, 1.807) is 18.2 Å². The third-order valence-electron chi connectivity index (χ3n) is 3.14. The second-order valence-corrected chi connectivity index (χ2v) is 4.66. The zero-order valence-electron chi connectivity index (χ0n) is 10.8. The highest BCUT2D eigenvalue weighted by atomic mass is 31.1. The van der Waals surface area contributed by atoms with Gasteiger partial charge >= 0.3 is 8.69 Å². The number of nitro benzene ring substituents is 1. The van der Waals surface area contributed by atoms with Gasteiger partial charge in [0.05, 0.1) is 4.92 Å². The zero-order chi connectivity index (χ0) is 14.5. The lowest BCUT2D eigenvalue weighted by molar-refractivity contribution is -0.384. The molecule has 0 radical (unpaired) electrons. The van der Waals surface area contributed by atoms with E-state index in [4.69, 9.17) is 4.52 Å². The molecule has 0 aliphatic carbocycles. The summed E-state index contributed by atoms with van der Waals surface area (Å²) in [5.74, 6) is 0.551. The largest absolute Gasteiger partial charge is 0.542 e. The van der Waals surface area contributed by atoms with Crippen molar-refractivity contribution in [2.24, 2.45) is 0 Å². The number of nitro groups is 1. The monoisotopic (exact) mass is 290 g/mol. The summed E-state index contributed by atoms with van der Waals surface area (Å²) in [5.41, 5.74) is 1.89. The number of rotatable bonds is 5. The Kier molecular flexibility index (Phi) is 4.43. The second kappa shape index (κ2) is 6.26. The summed E-state index contributed by atoms with van der Waals surface area (Å²) in [6, 6.07) is 13.7. The number of para-hydroxylation sites is 1. The topological polar surface area (TPSA) is 69.4 Å². The molecule has 0 aliphatic heterocycles. The van der Waals surface area contributed by atoms with Gasteiger partial charge in [0.2, 0.25) is 0 Å². The van der Waals surface area contributed by atoms with E-state index in [1.807, 2.05) is 25.1 Å². The average molecular weight is 290 g/mol. The van der Waals surface area contributed by atoms with Crippen molar-refractivity contribution in [1.82, 2.24) is 0 Å². The van der Waals surface area contributed by atoms with Gasteiger partial charge in [0.1, 0.15) is 0 Å². The lowest BCUT2D eigenvalue weighted by atomic mass is 9.92. The van der Waals surface area contributed by atoms with E-state index >= 15 is 0 Å². The Hall–Kier alpha value is -2.26. The van der Waals surface area contributed by atoms with Gasteiger partial charge in [-0.2, -0.15) is 0 Å². The van der Waals surface area contributed by atoms with E-state index in [9.17, 15) is 14.7 Å². The Morgan fingerprint density at radius 2 is 1.80 bits per heavy atom. The first-order chi connectivity index (χ1) is 9.63. The molecule has 0 aliphatic rings. The quantitative estimate of drug-likeness (QED) is 0.473. The summed E-state index contributed by atoms with van der Waals surface area (Å²) < 4.78 is 15.8. The molecule has 0 N–H and O–H groups in total. The normalized spacial score (nSPS) is 12.1. The summed E-state index contributed by atoms with van der Waals surface area (Å²) in [7, 11) is -0.863. The van der Waals surface area contributed by atoms with Crippen LogP contribution >= 0.6 is 8.69 Å². The molecule has 6 heteroatoms. The Morgan fingerprint density at radius 3 is 2.40 bits per heavy atom. The Balaban J connectivity index is 2.33. The molecule has 2 aromatic rings. The lowest BCUT2D eigenvalue weighted by Crippen LogP contribution is -1.98. The van der Waals surface area contributed by atoms with Crippen LogP contribution in [-0.4, -0.2) is 4.92 Å². The van der Waals surface area contributed by atoms with Gasteiger partial charge in [-0.1, -0.05) is 37.3 Å². The summed E-state index contributed by atoms with van der Waals surface area (Å²) in [4.78, 5) is 10.2. The van der Waals surface area contributed by atoms with Crippen LogP contribution in [0.1, 0.15) is 24.0 Å². The van der Waals surface area contributed by atoms with Crippen molar-refractivity contribution in [3.05, 3.63) is 69.8 Å². The minimum atomic E-state index is -0.863. The van der Waals surface area contributed by atoms with Crippen molar-refractivity contribution in [2.45, 2.75) is 12.8 Å². The van der Waals surface area contributed by atoms with Crippen molar-refractivity contribution < 1.29 is 14.0 Å². The first-order valence-corrected chi connectivity index (χ1v) is 6.82. The summed E-state index contributed by atoms with van der Waals surface area (Å²) >= 11 is 0.